The molecule has 0 fully saturated rings. The molecule has 3 N–H and O–H groups in total. The molecule has 0 radical (unpaired) electrons. The average Bonchev–Trinajstić information content (AvgIpc) is 2.77. The SMILES string of the molecule is Cc1c(CNS(=O)(=O)Cc2ccccc2CN)cnn1C. The van der Waals surface area contributed by atoms with Gasteiger partial charge in [0.15, 0.2) is 0 Å². The fourth-order valence-electron chi connectivity index (χ4n) is 2.06. The van der Waals surface area contributed by atoms with Gasteiger partial charge < -0.3 is 5.73 Å². The quantitative estimate of drug-likeness (QED) is 0.826. The lowest BCUT2D eigenvalue weighted by molar-refractivity contribution is 0.580. The zero-order chi connectivity index (χ0) is 15.5. The van der Waals surface area contributed by atoms with Crippen molar-refractivity contribution in [1.29, 1.82) is 0 Å². The molecule has 1 aromatic carbocycles. The van der Waals surface area contributed by atoms with Gasteiger partial charge in [-0.15, -0.1) is 0 Å². The van der Waals surface area contributed by atoms with E-state index in [0.717, 1.165) is 22.4 Å². The molecule has 0 unspecified atom stereocenters. The molecular formula is C14H20N4O2S. The summed E-state index contributed by atoms with van der Waals surface area (Å²) in [5.74, 6) is -0.0698. The van der Waals surface area contributed by atoms with E-state index in [1.807, 2.05) is 32.2 Å². The van der Waals surface area contributed by atoms with E-state index in [4.69, 9.17) is 5.73 Å². The van der Waals surface area contributed by atoms with Crippen molar-refractivity contribution in [3.05, 3.63) is 52.8 Å². The minimum Gasteiger partial charge on any atom is -0.326 e. The van der Waals surface area contributed by atoms with Crippen molar-refractivity contribution < 1.29 is 8.42 Å². The number of hydrogen-bond donors (Lipinski definition) is 2. The first-order chi connectivity index (χ1) is 9.93. The Balaban J connectivity index is 2.07. The van der Waals surface area contributed by atoms with Crippen LogP contribution in [0.25, 0.3) is 0 Å². The van der Waals surface area contributed by atoms with E-state index in [1.54, 1.807) is 16.9 Å². The molecule has 0 aliphatic carbocycles. The number of rotatable bonds is 6. The molecule has 114 valence electrons. The summed E-state index contributed by atoms with van der Waals surface area (Å²) in [5.41, 5.74) is 9.02. The van der Waals surface area contributed by atoms with Crippen LogP contribution in [0.2, 0.25) is 0 Å². The lowest BCUT2D eigenvalue weighted by atomic mass is 10.1. The fourth-order valence-corrected chi connectivity index (χ4v) is 3.23. The Labute approximate surface area is 125 Å². The van der Waals surface area contributed by atoms with Crippen molar-refractivity contribution in [1.82, 2.24) is 14.5 Å². The Kier molecular flexibility index (Phi) is 4.76. The Morgan fingerprint density at radius 3 is 2.48 bits per heavy atom. The third-order valence-electron chi connectivity index (χ3n) is 3.50. The van der Waals surface area contributed by atoms with Crippen LogP contribution in [0.3, 0.4) is 0 Å². The highest BCUT2D eigenvalue weighted by Crippen LogP contribution is 2.12. The molecule has 0 saturated heterocycles. The van der Waals surface area contributed by atoms with Gasteiger partial charge in [-0.25, -0.2) is 13.1 Å². The highest BCUT2D eigenvalue weighted by Gasteiger charge is 2.14. The first-order valence-electron chi connectivity index (χ1n) is 6.64. The van der Waals surface area contributed by atoms with Crippen molar-refractivity contribution in [3.63, 3.8) is 0 Å². The number of nitrogens with zero attached hydrogens (tertiary/aromatic N) is 2. The number of benzene rings is 1. The van der Waals surface area contributed by atoms with Crippen molar-refractivity contribution in [2.45, 2.75) is 25.8 Å². The summed E-state index contributed by atoms with van der Waals surface area (Å²) in [5, 5.41) is 4.09. The molecule has 1 aromatic heterocycles. The van der Waals surface area contributed by atoms with Gasteiger partial charge in [0.05, 0.1) is 11.9 Å². The van der Waals surface area contributed by atoms with Crippen LogP contribution in [0.15, 0.2) is 30.5 Å². The first kappa shape index (κ1) is 15.7. The third-order valence-corrected chi connectivity index (χ3v) is 4.78. The predicted molar refractivity (Wildman–Crippen MR) is 81.7 cm³/mol. The van der Waals surface area contributed by atoms with Crippen LogP contribution in [-0.2, 0) is 35.9 Å². The molecule has 0 amide bonds. The van der Waals surface area contributed by atoms with Crippen LogP contribution in [0.4, 0.5) is 0 Å². The molecule has 0 spiro atoms. The second-order valence-corrected chi connectivity index (χ2v) is 6.74. The molecule has 0 aliphatic rings. The Morgan fingerprint density at radius 1 is 1.24 bits per heavy atom. The number of aromatic nitrogens is 2. The van der Waals surface area contributed by atoms with Crippen molar-refractivity contribution in [3.8, 4) is 0 Å². The average molecular weight is 308 g/mol. The molecule has 7 heteroatoms. The third kappa shape index (κ3) is 3.90. The van der Waals surface area contributed by atoms with Crippen molar-refractivity contribution in [2.24, 2.45) is 12.8 Å². The maximum Gasteiger partial charge on any atom is 0.216 e. The van der Waals surface area contributed by atoms with Crippen LogP contribution in [-0.4, -0.2) is 18.2 Å². The summed E-state index contributed by atoms with van der Waals surface area (Å²) < 4.78 is 28.7. The van der Waals surface area contributed by atoms with Gasteiger partial charge in [-0.05, 0) is 18.1 Å². The zero-order valence-corrected chi connectivity index (χ0v) is 13.0. The minimum atomic E-state index is -3.42. The summed E-state index contributed by atoms with van der Waals surface area (Å²) in [7, 11) is -1.59. The highest BCUT2D eigenvalue weighted by atomic mass is 32.2. The molecule has 6 nitrogen and oxygen atoms in total. The summed E-state index contributed by atoms with van der Waals surface area (Å²) in [6, 6.07) is 7.30. The first-order valence-corrected chi connectivity index (χ1v) is 8.30. The molecule has 0 bridgehead atoms. The maximum atomic E-state index is 12.2. The van der Waals surface area contributed by atoms with Crippen LogP contribution in [0, 0.1) is 6.92 Å². The topological polar surface area (TPSA) is 90.0 Å². The van der Waals surface area contributed by atoms with E-state index in [2.05, 4.69) is 9.82 Å². The van der Waals surface area contributed by atoms with E-state index < -0.39 is 10.0 Å². The summed E-state index contributed by atoms with van der Waals surface area (Å²) in [6.45, 7) is 2.47. The lowest BCUT2D eigenvalue weighted by Gasteiger charge is -2.09. The Bertz CT molecular complexity index is 722. The van der Waals surface area contributed by atoms with Crippen LogP contribution in [0.5, 0.6) is 0 Å². The number of nitrogens with two attached hydrogens (primary N) is 1. The van der Waals surface area contributed by atoms with E-state index in [-0.39, 0.29) is 12.3 Å². The molecule has 0 saturated carbocycles. The molecule has 0 aliphatic heterocycles. The van der Waals surface area contributed by atoms with Gasteiger partial charge in [0, 0.05) is 31.4 Å². The molecule has 2 aromatic rings. The molecular weight excluding hydrogens is 288 g/mol. The zero-order valence-electron chi connectivity index (χ0n) is 12.2. The lowest BCUT2D eigenvalue weighted by Crippen LogP contribution is -2.25. The van der Waals surface area contributed by atoms with Crippen LogP contribution >= 0.6 is 0 Å². The fraction of sp³-hybridized carbons (Fsp3) is 0.357. The Hall–Kier alpha value is -1.70. The van der Waals surface area contributed by atoms with Gasteiger partial charge in [-0.1, -0.05) is 24.3 Å². The number of nitrogens with one attached hydrogen (secondary N) is 1. The van der Waals surface area contributed by atoms with Gasteiger partial charge in [0.1, 0.15) is 0 Å². The largest absolute Gasteiger partial charge is 0.326 e. The van der Waals surface area contributed by atoms with Crippen LogP contribution in [0.1, 0.15) is 22.4 Å². The van der Waals surface area contributed by atoms with Crippen LogP contribution < -0.4 is 10.5 Å². The minimum absolute atomic E-state index is 0.0698. The highest BCUT2D eigenvalue weighted by molar-refractivity contribution is 7.88. The standard InChI is InChI=1S/C14H20N4O2S/c1-11-14(8-16-18(11)2)9-17-21(19,20)10-13-6-4-3-5-12(13)7-15/h3-6,8,17H,7,9-10,15H2,1-2H3. The smallest absolute Gasteiger partial charge is 0.216 e. The van der Waals surface area contributed by atoms with Gasteiger partial charge in [-0.3, -0.25) is 4.68 Å². The summed E-state index contributed by atoms with van der Waals surface area (Å²) in [4.78, 5) is 0. The number of aryl methyl sites for hydroxylation is 1. The molecule has 1 heterocycles. The summed E-state index contributed by atoms with van der Waals surface area (Å²) in [6.07, 6.45) is 1.67. The second kappa shape index (κ2) is 6.38. The summed E-state index contributed by atoms with van der Waals surface area (Å²) >= 11 is 0. The van der Waals surface area contributed by atoms with E-state index in [0.29, 0.717) is 6.54 Å². The number of sulfonamides is 1. The van der Waals surface area contributed by atoms with E-state index in [9.17, 15) is 8.42 Å². The normalized spacial score (nSPS) is 11.8. The molecule has 0 atom stereocenters. The predicted octanol–water partition coefficient (Wildman–Crippen LogP) is 0.807. The van der Waals surface area contributed by atoms with Gasteiger partial charge >= 0.3 is 0 Å². The van der Waals surface area contributed by atoms with Gasteiger partial charge in [-0.2, -0.15) is 5.10 Å². The van der Waals surface area contributed by atoms with E-state index >= 15 is 0 Å². The van der Waals surface area contributed by atoms with Gasteiger partial charge in [0.25, 0.3) is 0 Å². The van der Waals surface area contributed by atoms with Crippen molar-refractivity contribution >= 4 is 10.0 Å². The maximum absolute atomic E-state index is 12.2. The molecule has 21 heavy (non-hydrogen) atoms. The molecule has 2 rings (SSSR count). The van der Waals surface area contributed by atoms with Gasteiger partial charge in [0.2, 0.25) is 10.0 Å². The Morgan fingerprint density at radius 2 is 1.90 bits per heavy atom. The number of hydrogen-bond acceptors (Lipinski definition) is 4. The van der Waals surface area contributed by atoms with Crippen molar-refractivity contribution in [2.75, 3.05) is 0 Å². The monoisotopic (exact) mass is 308 g/mol. The second-order valence-electron chi connectivity index (χ2n) is 4.93. The van der Waals surface area contributed by atoms with E-state index in [1.165, 1.54) is 0 Å².